The lowest BCUT2D eigenvalue weighted by molar-refractivity contribution is 0.153. The van der Waals surface area contributed by atoms with E-state index in [0.29, 0.717) is 22.7 Å². The molecule has 0 fully saturated rings. The van der Waals surface area contributed by atoms with E-state index in [2.05, 4.69) is 20.1 Å². The minimum Gasteiger partial charge on any atom is -0.382 e. The number of nitrogen functional groups attached to an aromatic ring is 1. The van der Waals surface area contributed by atoms with Crippen LogP contribution in [0.5, 0.6) is 0 Å². The summed E-state index contributed by atoms with van der Waals surface area (Å²) < 4.78 is 31.0. The van der Waals surface area contributed by atoms with E-state index in [1.165, 1.54) is 34.0 Å². The summed E-state index contributed by atoms with van der Waals surface area (Å²) in [4.78, 5) is 25.6. The van der Waals surface area contributed by atoms with Gasteiger partial charge in [0.25, 0.3) is 12.0 Å². The van der Waals surface area contributed by atoms with Gasteiger partial charge in [-0.3, -0.25) is 9.36 Å². The van der Waals surface area contributed by atoms with Crippen LogP contribution in [0.2, 0.25) is 0 Å². The summed E-state index contributed by atoms with van der Waals surface area (Å²) in [6, 6.07) is 9.92. The standard InChI is InChI=1S/C19H14F2N8O/c20-16(21)12-6-7-28-15(12)19(30)29(11-4-2-1-3-5-11)13(26-28)8-27-10-25-14-17(22)23-9-24-18(14)27/h1-7,9-10,16H,8H2,(H2,22,23,24). The zero-order chi connectivity index (χ0) is 20.8. The van der Waals surface area contributed by atoms with Crippen molar-refractivity contribution in [2.75, 3.05) is 5.73 Å². The van der Waals surface area contributed by atoms with Crippen LogP contribution >= 0.6 is 0 Å². The molecule has 5 aromatic rings. The topological polar surface area (TPSA) is 109 Å². The lowest BCUT2D eigenvalue weighted by Gasteiger charge is -2.14. The van der Waals surface area contributed by atoms with Crippen LogP contribution in [0.25, 0.3) is 22.4 Å². The number of para-hydroxylation sites is 1. The van der Waals surface area contributed by atoms with E-state index in [4.69, 9.17) is 5.73 Å². The van der Waals surface area contributed by atoms with Gasteiger partial charge in [0.1, 0.15) is 17.4 Å². The minimum absolute atomic E-state index is 0.106. The SMILES string of the molecule is Nc1ncnc2c1ncn2Cc1nn2ccc(C(F)F)c2c(=O)n1-c1ccccc1. The Bertz CT molecular complexity index is 1440. The highest BCUT2D eigenvalue weighted by Gasteiger charge is 2.21. The van der Waals surface area contributed by atoms with Crippen LogP contribution in [0.3, 0.4) is 0 Å². The van der Waals surface area contributed by atoms with Gasteiger partial charge in [-0.15, -0.1) is 0 Å². The molecule has 0 saturated carbocycles. The first-order valence-corrected chi connectivity index (χ1v) is 8.92. The number of benzene rings is 1. The predicted octanol–water partition coefficient (Wildman–Crippen LogP) is 2.19. The molecule has 30 heavy (non-hydrogen) atoms. The molecule has 0 amide bonds. The van der Waals surface area contributed by atoms with Crippen LogP contribution in [-0.2, 0) is 6.54 Å². The second-order valence-electron chi connectivity index (χ2n) is 6.56. The molecule has 9 nitrogen and oxygen atoms in total. The van der Waals surface area contributed by atoms with Crippen LogP contribution in [-0.4, -0.2) is 33.7 Å². The number of imidazole rings is 1. The highest BCUT2D eigenvalue weighted by molar-refractivity contribution is 5.81. The van der Waals surface area contributed by atoms with Crippen molar-refractivity contribution in [2.24, 2.45) is 0 Å². The van der Waals surface area contributed by atoms with Crippen molar-refractivity contribution in [3.05, 3.63) is 77.0 Å². The molecule has 2 N–H and O–H groups in total. The van der Waals surface area contributed by atoms with Crippen LogP contribution < -0.4 is 11.3 Å². The molecule has 0 aliphatic rings. The van der Waals surface area contributed by atoms with E-state index < -0.39 is 12.0 Å². The third-order valence-electron chi connectivity index (χ3n) is 4.78. The lowest BCUT2D eigenvalue weighted by atomic mass is 10.2. The largest absolute Gasteiger partial charge is 0.382 e. The van der Waals surface area contributed by atoms with E-state index in [1.54, 1.807) is 34.9 Å². The van der Waals surface area contributed by atoms with Gasteiger partial charge in [0.15, 0.2) is 17.3 Å². The van der Waals surface area contributed by atoms with E-state index in [1.807, 2.05) is 0 Å². The maximum Gasteiger partial charge on any atom is 0.283 e. The second kappa shape index (κ2) is 6.72. The number of nitrogens with zero attached hydrogens (tertiary/aromatic N) is 7. The Balaban J connectivity index is 1.76. The Morgan fingerprint density at radius 2 is 1.87 bits per heavy atom. The molecular formula is C19H14F2N8O. The Labute approximate surface area is 167 Å². The summed E-state index contributed by atoms with van der Waals surface area (Å²) >= 11 is 0. The van der Waals surface area contributed by atoms with E-state index in [-0.39, 0.29) is 23.4 Å². The molecule has 0 spiro atoms. The summed E-state index contributed by atoms with van der Waals surface area (Å²) in [7, 11) is 0. The Kier molecular flexibility index (Phi) is 4.02. The number of halogens is 2. The van der Waals surface area contributed by atoms with Gasteiger partial charge in [-0.05, 0) is 18.2 Å². The van der Waals surface area contributed by atoms with Gasteiger partial charge in [-0.1, -0.05) is 18.2 Å². The summed E-state index contributed by atoms with van der Waals surface area (Å²) in [5.41, 5.74) is 6.12. The maximum atomic E-state index is 13.4. The van der Waals surface area contributed by atoms with Crippen molar-refractivity contribution in [3.63, 3.8) is 0 Å². The molecule has 0 unspecified atom stereocenters. The van der Waals surface area contributed by atoms with Crippen LogP contribution in [0.15, 0.2) is 60.0 Å². The summed E-state index contributed by atoms with van der Waals surface area (Å²) in [5.74, 6) is 0.543. The molecule has 0 aliphatic heterocycles. The first kappa shape index (κ1) is 17.9. The summed E-state index contributed by atoms with van der Waals surface area (Å²) in [6.07, 6.45) is 1.39. The van der Waals surface area contributed by atoms with Gasteiger partial charge >= 0.3 is 0 Å². The monoisotopic (exact) mass is 408 g/mol. The van der Waals surface area contributed by atoms with Gasteiger partial charge in [-0.2, -0.15) is 5.10 Å². The van der Waals surface area contributed by atoms with E-state index >= 15 is 0 Å². The van der Waals surface area contributed by atoms with Crippen molar-refractivity contribution in [2.45, 2.75) is 13.0 Å². The van der Waals surface area contributed by atoms with E-state index in [9.17, 15) is 13.6 Å². The molecule has 5 rings (SSSR count). The average molecular weight is 408 g/mol. The number of hydrogen-bond donors (Lipinski definition) is 1. The van der Waals surface area contributed by atoms with Crippen molar-refractivity contribution in [1.29, 1.82) is 0 Å². The highest BCUT2D eigenvalue weighted by atomic mass is 19.3. The van der Waals surface area contributed by atoms with E-state index in [0.717, 1.165) is 0 Å². The van der Waals surface area contributed by atoms with Crippen molar-refractivity contribution < 1.29 is 8.78 Å². The Morgan fingerprint density at radius 1 is 1.07 bits per heavy atom. The number of aromatic nitrogens is 7. The molecule has 0 aliphatic carbocycles. The van der Waals surface area contributed by atoms with Gasteiger partial charge in [0, 0.05) is 6.20 Å². The minimum atomic E-state index is -2.79. The molecule has 150 valence electrons. The van der Waals surface area contributed by atoms with Crippen molar-refractivity contribution >= 4 is 22.5 Å². The fraction of sp³-hybridized carbons (Fsp3) is 0.105. The smallest absolute Gasteiger partial charge is 0.283 e. The molecule has 11 heteroatoms. The Morgan fingerprint density at radius 3 is 2.63 bits per heavy atom. The number of anilines is 1. The molecule has 0 atom stereocenters. The molecular weight excluding hydrogens is 394 g/mol. The fourth-order valence-electron chi connectivity index (χ4n) is 3.42. The number of fused-ring (bicyclic) bond motifs is 2. The van der Waals surface area contributed by atoms with Gasteiger partial charge in [-0.25, -0.2) is 28.2 Å². The zero-order valence-corrected chi connectivity index (χ0v) is 15.4. The fourth-order valence-corrected chi connectivity index (χ4v) is 3.42. The highest BCUT2D eigenvalue weighted by Crippen LogP contribution is 2.23. The number of nitrogens with two attached hydrogens (primary N) is 1. The second-order valence-corrected chi connectivity index (χ2v) is 6.56. The molecule has 4 heterocycles. The third kappa shape index (κ3) is 2.70. The van der Waals surface area contributed by atoms with Crippen LogP contribution in [0, 0.1) is 0 Å². The number of hydrogen-bond acceptors (Lipinski definition) is 6. The molecule has 0 radical (unpaired) electrons. The first-order valence-electron chi connectivity index (χ1n) is 8.92. The van der Waals surface area contributed by atoms with Crippen LogP contribution in [0.1, 0.15) is 17.8 Å². The predicted molar refractivity (Wildman–Crippen MR) is 105 cm³/mol. The average Bonchev–Trinajstić information content (AvgIpc) is 3.35. The van der Waals surface area contributed by atoms with Crippen LogP contribution in [0.4, 0.5) is 14.6 Å². The lowest BCUT2D eigenvalue weighted by Crippen LogP contribution is -2.28. The third-order valence-corrected chi connectivity index (χ3v) is 4.78. The normalized spacial score (nSPS) is 11.7. The Hall–Kier alpha value is -4.15. The van der Waals surface area contributed by atoms with Crippen molar-refractivity contribution in [3.8, 4) is 5.69 Å². The summed E-state index contributed by atoms with van der Waals surface area (Å²) in [5, 5.41) is 4.44. The zero-order valence-electron chi connectivity index (χ0n) is 15.4. The summed E-state index contributed by atoms with van der Waals surface area (Å²) in [6.45, 7) is 0.106. The van der Waals surface area contributed by atoms with Gasteiger partial charge in [0.05, 0.1) is 24.1 Å². The molecule has 0 bridgehead atoms. The molecule has 0 saturated heterocycles. The number of alkyl halides is 2. The van der Waals surface area contributed by atoms with Gasteiger partial charge < -0.3 is 10.3 Å². The molecule has 4 aromatic heterocycles. The maximum absolute atomic E-state index is 13.4. The quantitative estimate of drug-likeness (QED) is 0.488. The van der Waals surface area contributed by atoms with Gasteiger partial charge in [0.2, 0.25) is 0 Å². The van der Waals surface area contributed by atoms with Crippen molar-refractivity contribution in [1.82, 2.24) is 33.7 Å². The number of rotatable bonds is 4. The molecule has 1 aromatic carbocycles. The first-order chi connectivity index (χ1) is 14.5.